The molecule has 2 heterocycles. The maximum Gasteiger partial charge on any atom is 0.242 e. The van der Waals surface area contributed by atoms with Gasteiger partial charge in [0.25, 0.3) is 0 Å². The molecule has 5 nitrogen and oxygen atoms in total. The summed E-state index contributed by atoms with van der Waals surface area (Å²) >= 11 is 2.27. The molecule has 2 aromatic rings. The third-order valence-corrected chi connectivity index (χ3v) is 5.13. The average molecular weight is 574 g/mol. The molecule has 0 radical (unpaired) electrons. The van der Waals surface area contributed by atoms with Crippen molar-refractivity contribution in [2.24, 2.45) is 0 Å². The first-order valence-electron chi connectivity index (χ1n) is 8.50. The third kappa shape index (κ3) is 8.59. The maximum atomic E-state index is 12.9. The standard InChI is InChI=1S/C19H22IN3O2.CH4.2ClH.H2S/c20-16-5-3-4-14(12-16)13-22-17(19(25)23-10-1-2-11-23)18(24)15-6-8-21-9-7-15;;;;/h3-9,12,17-18,22,24H,1-2,10-11,13H2;1H4;2*1H;1H2/t17-,18+;;;;/m1..../s1. The Hall–Kier alpha value is -0.580. The zero-order valence-electron chi connectivity index (χ0n) is 15.3. The first-order valence-corrected chi connectivity index (χ1v) is 9.57. The highest BCUT2D eigenvalue weighted by Gasteiger charge is 2.32. The highest BCUT2D eigenvalue weighted by atomic mass is 127. The fourth-order valence-electron chi connectivity index (χ4n) is 3.10. The van der Waals surface area contributed by atoms with E-state index < -0.39 is 12.1 Å². The second-order valence-electron chi connectivity index (χ2n) is 6.25. The van der Waals surface area contributed by atoms with E-state index >= 15 is 0 Å². The predicted molar refractivity (Wildman–Crippen MR) is 136 cm³/mol. The Kier molecular flexibility index (Phi) is 16.1. The van der Waals surface area contributed by atoms with Gasteiger partial charge in [-0.1, -0.05) is 19.6 Å². The summed E-state index contributed by atoms with van der Waals surface area (Å²) in [6.07, 6.45) is 4.42. The molecule has 2 N–H and O–H groups in total. The molecule has 1 amide bonds. The van der Waals surface area contributed by atoms with Gasteiger partial charge in [-0.05, 0) is 70.8 Å². The number of hydrogen-bond acceptors (Lipinski definition) is 4. The molecule has 1 aliphatic rings. The van der Waals surface area contributed by atoms with Crippen LogP contribution in [-0.4, -0.2) is 40.0 Å². The SMILES string of the molecule is C.Cl.Cl.O=C([C@H](NCc1cccc(I)c1)[C@@H](O)c1ccncc1)N1CCCC1.S. The van der Waals surface area contributed by atoms with Gasteiger partial charge in [0.05, 0.1) is 0 Å². The zero-order chi connectivity index (χ0) is 17.6. The lowest BCUT2D eigenvalue weighted by atomic mass is 10.0. The van der Waals surface area contributed by atoms with Crippen LogP contribution in [0.2, 0.25) is 0 Å². The summed E-state index contributed by atoms with van der Waals surface area (Å²) in [5.74, 6) is -0.0348. The van der Waals surface area contributed by atoms with Gasteiger partial charge in [-0.2, -0.15) is 13.5 Å². The average Bonchev–Trinajstić information content (AvgIpc) is 3.17. The van der Waals surface area contributed by atoms with Crippen LogP contribution < -0.4 is 5.32 Å². The van der Waals surface area contributed by atoms with Gasteiger partial charge in [0, 0.05) is 35.6 Å². The van der Waals surface area contributed by atoms with Crippen LogP contribution in [0.1, 0.15) is 37.5 Å². The highest BCUT2D eigenvalue weighted by molar-refractivity contribution is 14.1. The summed E-state index contributed by atoms with van der Waals surface area (Å²) < 4.78 is 1.15. The molecule has 164 valence electrons. The Morgan fingerprint density at radius 1 is 1.17 bits per heavy atom. The van der Waals surface area contributed by atoms with Crippen molar-refractivity contribution in [1.29, 1.82) is 0 Å². The normalized spacial score (nSPS) is 14.3. The van der Waals surface area contributed by atoms with Gasteiger partial charge in [-0.3, -0.25) is 15.1 Å². The number of carbonyl (C=O) groups is 1. The van der Waals surface area contributed by atoms with Crippen LogP contribution in [0.5, 0.6) is 0 Å². The van der Waals surface area contributed by atoms with Crippen molar-refractivity contribution in [1.82, 2.24) is 15.2 Å². The molecule has 0 saturated carbocycles. The van der Waals surface area contributed by atoms with Gasteiger partial charge in [0.1, 0.15) is 12.1 Å². The molecule has 3 rings (SSSR count). The topological polar surface area (TPSA) is 65.5 Å². The second kappa shape index (κ2) is 15.3. The zero-order valence-corrected chi connectivity index (χ0v) is 20.0. The minimum Gasteiger partial charge on any atom is -0.386 e. The van der Waals surface area contributed by atoms with Crippen molar-refractivity contribution in [3.63, 3.8) is 0 Å². The van der Waals surface area contributed by atoms with Crippen LogP contribution in [0.15, 0.2) is 48.8 Å². The number of pyridine rings is 1. The third-order valence-electron chi connectivity index (χ3n) is 4.46. The number of carbonyl (C=O) groups excluding carboxylic acids is 1. The molecule has 0 unspecified atom stereocenters. The molecule has 1 saturated heterocycles. The summed E-state index contributed by atoms with van der Waals surface area (Å²) in [7, 11) is 0. The van der Waals surface area contributed by atoms with Gasteiger partial charge in [0.2, 0.25) is 5.91 Å². The lowest BCUT2D eigenvalue weighted by Gasteiger charge is -2.28. The number of likely N-dealkylation sites (tertiary alicyclic amines) is 1. The smallest absolute Gasteiger partial charge is 0.242 e. The highest BCUT2D eigenvalue weighted by Crippen LogP contribution is 2.20. The molecule has 0 bridgehead atoms. The Bertz CT molecular complexity index is 722. The van der Waals surface area contributed by atoms with Crippen molar-refractivity contribution < 1.29 is 9.90 Å². The van der Waals surface area contributed by atoms with Gasteiger partial charge in [-0.25, -0.2) is 0 Å². The van der Waals surface area contributed by atoms with Crippen molar-refractivity contribution >= 4 is 66.8 Å². The number of amides is 1. The summed E-state index contributed by atoms with van der Waals surface area (Å²) in [6, 6.07) is 11.0. The van der Waals surface area contributed by atoms with E-state index in [0.29, 0.717) is 12.1 Å². The fourth-order valence-corrected chi connectivity index (χ4v) is 3.70. The number of aromatic nitrogens is 1. The predicted octanol–water partition coefficient (Wildman–Crippen LogP) is 4.09. The van der Waals surface area contributed by atoms with Crippen LogP contribution in [-0.2, 0) is 11.3 Å². The van der Waals surface area contributed by atoms with Gasteiger partial charge in [-0.15, -0.1) is 24.8 Å². The lowest BCUT2D eigenvalue weighted by molar-refractivity contribution is -0.135. The molecule has 0 spiro atoms. The number of aliphatic hydroxyl groups excluding tert-OH is 1. The van der Waals surface area contributed by atoms with Crippen LogP contribution >= 0.6 is 60.9 Å². The Balaban J connectivity index is 0. The number of aliphatic hydroxyl groups is 1. The quantitative estimate of drug-likeness (QED) is 0.511. The van der Waals surface area contributed by atoms with E-state index in [9.17, 15) is 9.90 Å². The Morgan fingerprint density at radius 2 is 1.79 bits per heavy atom. The molecule has 1 aliphatic heterocycles. The molecule has 1 aromatic heterocycles. The Morgan fingerprint density at radius 3 is 2.38 bits per heavy atom. The summed E-state index contributed by atoms with van der Waals surface area (Å²) in [5.41, 5.74) is 1.79. The minimum atomic E-state index is -0.904. The molecule has 29 heavy (non-hydrogen) atoms. The number of benzene rings is 1. The van der Waals surface area contributed by atoms with E-state index in [0.717, 1.165) is 35.1 Å². The van der Waals surface area contributed by atoms with E-state index in [-0.39, 0.29) is 51.6 Å². The maximum absolute atomic E-state index is 12.9. The van der Waals surface area contributed by atoms with Crippen LogP contribution in [0, 0.1) is 3.57 Å². The monoisotopic (exact) mass is 573 g/mol. The van der Waals surface area contributed by atoms with E-state index in [1.807, 2.05) is 23.1 Å². The lowest BCUT2D eigenvalue weighted by Crippen LogP contribution is -2.48. The van der Waals surface area contributed by atoms with Crippen molar-refractivity contribution in [3.05, 3.63) is 63.5 Å². The molecular weight excluding hydrogens is 544 g/mol. The van der Waals surface area contributed by atoms with Crippen LogP contribution in [0.25, 0.3) is 0 Å². The summed E-state index contributed by atoms with van der Waals surface area (Å²) in [4.78, 5) is 18.8. The summed E-state index contributed by atoms with van der Waals surface area (Å²) in [5, 5.41) is 14.1. The molecule has 9 heteroatoms. The number of nitrogens with one attached hydrogen (secondary N) is 1. The van der Waals surface area contributed by atoms with Crippen LogP contribution in [0.3, 0.4) is 0 Å². The number of rotatable bonds is 6. The molecule has 1 aromatic carbocycles. The van der Waals surface area contributed by atoms with E-state index in [1.54, 1.807) is 24.5 Å². The second-order valence-corrected chi connectivity index (χ2v) is 7.49. The fraction of sp³-hybridized carbons (Fsp3) is 0.400. The van der Waals surface area contributed by atoms with Crippen LogP contribution in [0.4, 0.5) is 0 Å². The number of nitrogens with zero attached hydrogens (tertiary/aromatic N) is 2. The van der Waals surface area contributed by atoms with Crippen molar-refractivity contribution in [2.45, 2.75) is 39.0 Å². The van der Waals surface area contributed by atoms with Gasteiger partial charge in [0.15, 0.2) is 0 Å². The molecular formula is C20H30Cl2IN3O2S. The first-order chi connectivity index (χ1) is 12.1. The molecule has 0 aliphatic carbocycles. The largest absolute Gasteiger partial charge is 0.386 e. The number of halogens is 3. The molecule has 2 atom stereocenters. The number of hydrogen-bond donors (Lipinski definition) is 2. The minimum absolute atomic E-state index is 0. The van der Waals surface area contributed by atoms with E-state index in [2.05, 4.69) is 39.0 Å². The first kappa shape index (κ1) is 30.6. The summed E-state index contributed by atoms with van der Waals surface area (Å²) in [6.45, 7) is 2.07. The Labute approximate surface area is 206 Å². The van der Waals surface area contributed by atoms with Gasteiger partial charge < -0.3 is 10.0 Å². The molecule has 1 fully saturated rings. The van der Waals surface area contributed by atoms with Crippen molar-refractivity contribution in [3.8, 4) is 0 Å². The van der Waals surface area contributed by atoms with E-state index in [4.69, 9.17) is 0 Å². The van der Waals surface area contributed by atoms with E-state index in [1.165, 1.54) is 0 Å². The van der Waals surface area contributed by atoms with Crippen molar-refractivity contribution in [2.75, 3.05) is 13.1 Å². The van der Waals surface area contributed by atoms with Gasteiger partial charge >= 0.3 is 0 Å².